The molecular weight excluding hydrogens is 184 g/mol. The van der Waals surface area contributed by atoms with E-state index < -0.39 is 0 Å². The molecule has 70 valence electrons. The highest BCUT2D eigenvalue weighted by atomic mass is 32.2. The van der Waals surface area contributed by atoms with Crippen LogP contribution in [0.5, 0.6) is 0 Å². The molecule has 0 amide bonds. The maximum absolute atomic E-state index is 5.50. The largest absolute Gasteiger partial charge is 0.383 e. The molecule has 0 atom stereocenters. The molecule has 0 unspecified atom stereocenters. The Morgan fingerprint density at radius 3 is 2.54 bits per heavy atom. The van der Waals surface area contributed by atoms with Crippen molar-refractivity contribution >= 4 is 23.4 Å². The van der Waals surface area contributed by atoms with Crippen LogP contribution in [0.4, 0.5) is 11.6 Å². The zero-order valence-corrected chi connectivity index (χ0v) is 8.05. The van der Waals surface area contributed by atoms with Gasteiger partial charge in [0, 0.05) is 11.8 Å². The van der Waals surface area contributed by atoms with Crippen LogP contribution in [0, 0.1) is 0 Å². The monoisotopic (exact) mass is 196 g/mol. The summed E-state index contributed by atoms with van der Waals surface area (Å²) in [6, 6.07) is 1.54. The highest BCUT2D eigenvalue weighted by Gasteiger charge is 1.99. The van der Waals surface area contributed by atoms with Crippen LogP contribution in [0.1, 0.15) is 6.42 Å². The Labute approximate surface area is 81.4 Å². The lowest BCUT2D eigenvalue weighted by Crippen LogP contribution is -1.99. The molecule has 0 aliphatic rings. The van der Waals surface area contributed by atoms with E-state index in [0.29, 0.717) is 16.8 Å². The number of nitrogens with two attached hydrogens (primary N) is 2. The number of aromatic nitrogens is 2. The predicted octanol–water partition coefficient (Wildman–Crippen LogP) is 1.31. The SMILES string of the molecule is C=CCCSc1nc(N)cc(N)n1. The summed E-state index contributed by atoms with van der Waals surface area (Å²) in [5, 5.41) is 0.624. The van der Waals surface area contributed by atoms with Crippen LogP contribution in [-0.2, 0) is 0 Å². The van der Waals surface area contributed by atoms with E-state index in [1.807, 2.05) is 6.08 Å². The molecule has 1 heterocycles. The minimum Gasteiger partial charge on any atom is -0.383 e. The minimum absolute atomic E-state index is 0.411. The van der Waals surface area contributed by atoms with Gasteiger partial charge in [0.05, 0.1) is 0 Å². The van der Waals surface area contributed by atoms with Crippen LogP contribution >= 0.6 is 11.8 Å². The number of thioether (sulfide) groups is 1. The summed E-state index contributed by atoms with van der Waals surface area (Å²) in [5.74, 6) is 1.72. The summed E-state index contributed by atoms with van der Waals surface area (Å²) in [5.41, 5.74) is 11.0. The summed E-state index contributed by atoms with van der Waals surface area (Å²) < 4.78 is 0. The van der Waals surface area contributed by atoms with Crippen LogP contribution in [0.3, 0.4) is 0 Å². The number of allylic oxidation sites excluding steroid dienone is 1. The number of nitrogen functional groups attached to an aromatic ring is 2. The van der Waals surface area contributed by atoms with Gasteiger partial charge in [0.15, 0.2) is 5.16 Å². The first-order valence-electron chi connectivity index (χ1n) is 3.86. The molecule has 0 aromatic carbocycles. The second-order valence-electron chi connectivity index (χ2n) is 2.43. The van der Waals surface area contributed by atoms with Crippen molar-refractivity contribution in [3.8, 4) is 0 Å². The van der Waals surface area contributed by atoms with E-state index in [1.165, 1.54) is 17.8 Å². The van der Waals surface area contributed by atoms with Gasteiger partial charge in [0.2, 0.25) is 0 Å². The van der Waals surface area contributed by atoms with Gasteiger partial charge in [-0.3, -0.25) is 0 Å². The lowest BCUT2D eigenvalue weighted by Gasteiger charge is -2.00. The van der Waals surface area contributed by atoms with Crippen molar-refractivity contribution in [2.75, 3.05) is 17.2 Å². The summed E-state index contributed by atoms with van der Waals surface area (Å²) in [7, 11) is 0. The quantitative estimate of drug-likeness (QED) is 0.328. The molecule has 1 aromatic heterocycles. The molecule has 0 fully saturated rings. The third-order valence-electron chi connectivity index (χ3n) is 1.30. The molecule has 4 N–H and O–H groups in total. The minimum atomic E-state index is 0.411. The zero-order chi connectivity index (χ0) is 9.68. The Kier molecular flexibility index (Phi) is 3.57. The first kappa shape index (κ1) is 9.85. The van der Waals surface area contributed by atoms with Crippen molar-refractivity contribution in [1.82, 2.24) is 9.97 Å². The van der Waals surface area contributed by atoms with Crippen LogP contribution < -0.4 is 11.5 Å². The van der Waals surface area contributed by atoms with Crippen molar-refractivity contribution in [3.05, 3.63) is 18.7 Å². The molecule has 0 radical (unpaired) electrons. The predicted molar refractivity (Wildman–Crippen MR) is 56.4 cm³/mol. The maximum atomic E-state index is 5.50. The van der Waals surface area contributed by atoms with Crippen LogP contribution in [0.2, 0.25) is 0 Å². The molecule has 13 heavy (non-hydrogen) atoms. The fourth-order valence-electron chi connectivity index (χ4n) is 0.760. The molecule has 1 aromatic rings. The average Bonchev–Trinajstić information content (AvgIpc) is 2.03. The Morgan fingerprint density at radius 1 is 1.38 bits per heavy atom. The van der Waals surface area contributed by atoms with Crippen molar-refractivity contribution in [3.63, 3.8) is 0 Å². The van der Waals surface area contributed by atoms with Crippen molar-refractivity contribution < 1.29 is 0 Å². The normalized spacial score (nSPS) is 9.85. The number of hydrogen-bond donors (Lipinski definition) is 2. The van der Waals surface area contributed by atoms with E-state index in [2.05, 4.69) is 16.5 Å². The van der Waals surface area contributed by atoms with E-state index in [1.54, 1.807) is 0 Å². The number of anilines is 2. The molecule has 1 rings (SSSR count). The Hall–Kier alpha value is -1.23. The van der Waals surface area contributed by atoms with Gasteiger partial charge in [-0.25, -0.2) is 9.97 Å². The fraction of sp³-hybridized carbons (Fsp3) is 0.250. The highest BCUT2D eigenvalue weighted by molar-refractivity contribution is 7.99. The standard InChI is InChI=1S/C8H12N4S/c1-2-3-4-13-8-11-6(9)5-7(10)12-8/h2,5H,1,3-4H2,(H4,9,10,11,12). The summed E-state index contributed by atoms with van der Waals surface area (Å²) >= 11 is 1.52. The van der Waals surface area contributed by atoms with Gasteiger partial charge < -0.3 is 11.5 Å². The lowest BCUT2D eigenvalue weighted by molar-refractivity contribution is 0.982. The van der Waals surface area contributed by atoms with Gasteiger partial charge in [0.1, 0.15) is 11.6 Å². The van der Waals surface area contributed by atoms with Crippen molar-refractivity contribution in [2.45, 2.75) is 11.6 Å². The van der Waals surface area contributed by atoms with Gasteiger partial charge in [-0.2, -0.15) is 0 Å². The highest BCUT2D eigenvalue weighted by Crippen LogP contribution is 2.16. The first-order valence-corrected chi connectivity index (χ1v) is 4.84. The smallest absolute Gasteiger partial charge is 0.191 e. The second-order valence-corrected chi connectivity index (χ2v) is 3.49. The summed E-state index contributed by atoms with van der Waals surface area (Å²) in [6.07, 6.45) is 2.77. The fourth-order valence-corrected chi connectivity index (χ4v) is 1.57. The van der Waals surface area contributed by atoms with Crippen LogP contribution in [0.25, 0.3) is 0 Å². The lowest BCUT2D eigenvalue weighted by atomic mass is 10.5. The summed E-state index contributed by atoms with van der Waals surface area (Å²) in [4.78, 5) is 8.04. The van der Waals surface area contributed by atoms with Gasteiger partial charge in [-0.15, -0.1) is 6.58 Å². The molecular formula is C8H12N4S. The van der Waals surface area contributed by atoms with Gasteiger partial charge in [-0.05, 0) is 6.42 Å². The molecule has 0 spiro atoms. The van der Waals surface area contributed by atoms with E-state index in [9.17, 15) is 0 Å². The number of nitrogens with zero attached hydrogens (tertiary/aromatic N) is 2. The average molecular weight is 196 g/mol. The van der Waals surface area contributed by atoms with E-state index in [0.717, 1.165) is 12.2 Å². The van der Waals surface area contributed by atoms with E-state index >= 15 is 0 Å². The van der Waals surface area contributed by atoms with E-state index in [-0.39, 0.29) is 0 Å². The Bertz CT molecular complexity index is 280. The molecule has 0 saturated heterocycles. The molecule has 0 aliphatic carbocycles. The van der Waals surface area contributed by atoms with Crippen LogP contribution in [-0.4, -0.2) is 15.7 Å². The third-order valence-corrected chi connectivity index (χ3v) is 2.18. The number of hydrogen-bond acceptors (Lipinski definition) is 5. The molecule has 0 aliphatic heterocycles. The van der Waals surface area contributed by atoms with Gasteiger partial charge >= 0.3 is 0 Å². The van der Waals surface area contributed by atoms with E-state index in [4.69, 9.17) is 11.5 Å². The van der Waals surface area contributed by atoms with Crippen molar-refractivity contribution in [1.29, 1.82) is 0 Å². The Morgan fingerprint density at radius 2 is 2.00 bits per heavy atom. The molecule has 0 saturated carbocycles. The Balaban J connectivity index is 2.60. The molecule has 0 bridgehead atoms. The first-order chi connectivity index (χ1) is 6.22. The summed E-state index contributed by atoms with van der Waals surface area (Å²) in [6.45, 7) is 3.62. The zero-order valence-electron chi connectivity index (χ0n) is 7.23. The van der Waals surface area contributed by atoms with Crippen molar-refractivity contribution in [2.24, 2.45) is 0 Å². The second kappa shape index (κ2) is 4.71. The van der Waals surface area contributed by atoms with Gasteiger partial charge in [-0.1, -0.05) is 17.8 Å². The van der Waals surface area contributed by atoms with Gasteiger partial charge in [0.25, 0.3) is 0 Å². The van der Waals surface area contributed by atoms with Crippen LogP contribution in [0.15, 0.2) is 23.9 Å². The maximum Gasteiger partial charge on any atom is 0.191 e. The molecule has 4 nitrogen and oxygen atoms in total. The number of rotatable bonds is 4. The topological polar surface area (TPSA) is 77.8 Å². The third kappa shape index (κ3) is 3.33. The molecule has 5 heteroatoms.